The van der Waals surface area contributed by atoms with Crippen molar-refractivity contribution in [2.24, 2.45) is 0 Å². The number of nitrogens with zero attached hydrogens (tertiary/aromatic N) is 1. The zero-order valence-corrected chi connectivity index (χ0v) is 12.4. The van der Waals surface area contributed by atoms with Gasteiger partial charge in [-0.05, 0) is 40.2 Å². The molecule has 0 bridgehead atoms. The van der Waals surface area contributed by atoms with Crippen LogP contribution < -0.4 is 5.32 Å². The van der Waals surface area contributed by atoms with Gasteiger partial charge >= 0.3 is 0 Å². The highest BCUT2D eigenvalue weighted by molar-refractivity contribution is 9.11. The molecule has 1 saturated heterocycles. The first kappa shape index (κ1) is 14.2. The van der Waals surface area contributed by atoms with Gasteiger partial charge in [0.25, 0.3) is 0 Å². The van der Waals surface area contributed by atoms with Crippen LogP contribution in [-0.2, 0) is 0 Å². The summed E-state index contributed by atoms with van der Waals surface area (Å²) in [5.74, 6) is 0. The number of hydrogen-bond donors (Lipinski definition) is 1. The second-order valence-electron chi connectivity index (χ2n) is 5.77. The van der Waals surface area contributed by atoms with Crippen molar-refractivity contribution < 1.29 is 0 Å². The van der Waals surface area contributed by atoms with Crippen molar-refractivity contribution >= 4 is 15.9 Å². The fourth-order valence-electron chi connectivity index (χ4n) is 2.14. The van der Waals surface area contributed by atoms with E-state index in [0.29, 0.717) is 6.04 Å². The van der Waals surface area contributed by atoms with Crippen molar-refractivity contribution in [1.82, 2.24) is 10.2 Å². The molecule has 1 N–H and O–H groups in total. The number of nitrogens with one attached hydrogen (secondary N) is 1. The van der Waals surface area contributed by atoms with E-state index in [1.54, 1.807) is 0 Å². The van der Waals surface area contributed by atoms with Crippen molar-refractivity contribution in [3.8, 4) is 0 Å². The molecule has 1 heterocycles. The lowest BCUT2D eigenvalue weighted by atomic mass is 10.0. The molecule has 94 valence electrons. The maximum absolute atomic E-state index is 3.95. The third kappa shape index (κ3) is 5.46. The Bertz CT molecular complexity index is 233. The van der Waals surface area contributed by atoms with Gasteiger partial charge in [-0.1, -0.05) is 28.9 Å². The summed E-state index contributed by atoms with van der Waals surface area (Å²) < 4.78 is 1.09. The Hall–Kier alpha value is 0.140. The quantitative estimate of drug-likeness (QED) is 0.855. The van der Waals surface area contributed by atoms with Crippen LogP contribution in [0.25, 0.3) is 0 Å². The van der Waals surface area contributed by atoms with E-state index in [-0.39, 0.29) is 5.54 Å². The van der Waals surface area contributed by atoms with Crippen LogP contribution in [0.5, 0.6) is 0 Å². The van der Waals surface area contributed by atoms with Gasteiger partial charge in [0.15, 0.2) is 0 Å². The standard InChI is InChI=1S/C13H25BrN2/c1-11(14)10-16-8-6-5-7-12(16)9-15-13(2,3)4/h12,15H,1,5-10H2,2-4H3. The molecular formula is C13H25BrN2. The smallest absolute Gasteiger partial charge is 0.0297 e. The summed E-state index contributed by atoms with van der Waals surface area (Å²) in [6.45, 7) is 13.9. The van der Waals surface area contributed by atoms with Crippen molar-refractivity contribution in [1.29, 1.82) is 0 Å². The zero-order valence-electron chi connectivity index (χ0n) is 10.9. The van der Waals surface area contributed by atoms with Crippen molar-refractivity contribution in [3.05, 3.63) is 11.1 Å². The topological polar surface area (TPSA) is 15.3 Å². The Balaban J connectivity index is 2.44. The molecule has 0 aliphatic carbocycles. The molecule has 0 aromatic rings. The summed E-state index contributed by atoms with van der Waals surface area (Å²) in [7, 11) is 0. The molecule has 1 fully saturated rings. The predicted octanol–water partition coefficient (Wildman–Crippen LogP) is 3.14. The Morgan fingerprint density at radius 1 is 1.44 bits per heavy atom. The maximum Gasteiger partial charge on any atom is 0.0297 e. The van der Waals surface area contributed by atoms with Crippen LogP contribution in [0.4, 0.5) is 0 Å². The molecular weight excluding hydrogens is 264 g/mol. The first-order valence-corrected chi connectivity index (χ1v) is 7.00. The van der Waals surface area contributed by atoms with Gasteiger partial charge in [-0.15, -0.1) is 0 Å². The van der Waals surface area contributed by atoms with Gasteiger partial charge in [-0.25, -0.2) is 0 Å². The molecule has 3 heteroatoms. The third-order valence-corrected chi connectivity index (χ3v) is 3.24. The summed E-state index contributed by atoms with van der Waals surface area (Å²) in [5.41, 5.74) is 0.217. The Morgan fingerprint density at radius 2 is 2.12 bits per heavy atom. The number of halogens is 1. The Labute approximate surface area is 109 Å². The second-order valence-corrected chi connectivity index (χ2v) is 6.89. The van der Waals surface area contributed by atoms with Crippen molar-refractivity contribution in [2.45, 2.75) is 51.6 Å². The minimum Gasteiger partial charge on any atom is -0.311 e. The largest absolute Gasteiger partial charge is 0.311 e. The molecule has 0 saturated carbocycles. The van der Waals surface area contributed by atoms with Gasteiger partial charge in [0, 0.05) is 29.2 Å². The van der Waals surface area contributed by atoms with Gasteiger partial charge in [0.05, 0.1) is 0 Å². The van der Waals surface area contributed by atoms with Crippen LogP contribution in [0.3, 0.4) is 0 Å². The molecule has 0 aromatic carbocycles. The first-order chi connectivity index (χ1) is 7.38. The van der Waals surface area contributed by atoms with E-state index >= 15 is 0 Å². The maximum atomic E-state index is 3.95. The van der Waals surface area contributed by atoms with Gasteiger partial charge in [-0.2, -0.15) is 0 Å². The normalized spacial score (nSPS) is 23.4. The lowest BCUT2D eigenvalue weighted by Gasteiger charge is -2.37. The molecule has 1 aliphatic heterocycles. The monoisotopic (exact) mass is 288 g/mol. The summed E-state index contributed by atoms with van der Waals surface area (Å²) >= 11 is 3.47. The molecule has 1 unspecified atom stereocenters. The molecule has 0 radical (unpaired) electrons. The molecule has 16 heavy (non-hydrogen) atoms. The summed E-state index contributed by atoms with van der Waals surface area (Å²) in [6, 6.07) is 0.669. The van der Waals surface area contributed by atoms with E-state index < -0.39 is 0 Å². The van der Waals surface area contributed by atoms with E-state index in [4.69, 9.17) is 0 Å². The van der Waals surface area contributed by atoms with Crippen LogP contribution in [-0.4, -0.2) is 36.1 Å². The average molecular weight is 289 g/mol. The second kappa shape index (κ2) is 6.18. The molecule has 0 aromatic heterocycles. The van der Waals surface area contributed by atoms with E-state index in [1.807, 2.05) is 0 Å². The van der Waals surface area contributed by atoms with Crippen LogP contribution in [0.15, 0.2) is 11.1 Å². The first-order valence-electron chi connectivity index (χ1n) is 6.21. The lowest BCUT2D eigenvalue weighted by Crippen LogP contribution is -2.49. The van der Waals surface area contributed by atoms with E-state index in [9.17, 15) is 0 Å². The van der Waals surface area contributed by atoms with E-state index in [1.165, 1.54) is 25.8 Å². The third-order valence-electron chi connectivity index (χ3n) is 2.99. The minimum atomic E-state index is 0.217. The lowest BCUT2D eigenvalue weighted by molar-refractivity contribution is 0.153. The van der Waals surface area contributed by atoms with Crippen molar-refractivity contribution in [3.63, 3.8) is 0 Å². The van der Waals surface area contributed by atoms with Gasteiger partial charge in [0.2, 0.25) is 0 Å². The molecule has 1 atom stereocenters. The van der Waals surface area contributed by atoms with Gasteiger partial charge in [-0.3, -0.25) is 4.90 Å². The highest BCUT2D eigenvalue weighted by atomic mass is 79.9. The highest BCUT2D eigenvalue weighted by Gasteiger charge is 2.23. The number of likely N-dealkylation sites (tertiary alicyclic amines) is 1. The zero-order chi connectivity index (χ0) is 12.2. The Morgan fingerprint density at radius 3 is 2.69 bits per heavy atom. The molecule has 1 rings (SSSR count). The van der Waals surface area contributed by atoms with Crippen LogP contribution in [0.1, 0.15) is 40.0 Å². The number of rotatable bonds is 4. The number of hydrogen-bond acceptors (Lipinski definition) is 2. The molecule has 1 aliphatic rings. The fraction of sp³-hybridized carbons (Fsp3) is 0.846. The van der Waals surface area contributed by atoms with Crippen molar-refractivity contribution in [2.75, 3.05) is 19.6 Å². The fourth-order valence-corrected chi connectivity index (χ4v) is 2.47. The van der Waals surface area contributed by atoms with Crippen LogP contribution >= 0.6 is 15.9 Å². The molecule has 0 amide bonds. The van der Waals surface area contributed by atoms with Crippen LogP contribution in [0, 0.1) is 0 Å². The highest BCUT2D eigenvalue weighted by Crippen LogP contribution is 2.19. The summed E-state index contributed by atoms with van der Waals surface area (Å²) in [4.78, 5) is 2.54. The Kier molecular flexibility index (Phi) is 5.48. The predicted molar refractivity (Wildman–Crippen MR) is 75.0 cm³/mol. The van der Waals surface area contributed by atoms with E-state index in [0.717, 1.165) is 17.6 Å². The van der Waals surface area contributed by atoms with Gasteiger partial charge < -0.3 is 5.32 Å². The minimum absolute atomic E-state index is 0.217. The van der Waals surface area contributed by atoms with E-state index in [2.05, 4.69) is 53.5 Å². The van der Waals surface area contributed by atoms with Crippen LogP contribution in [0.2, 0.25) is 0 Å². The molecule has 2 nitrogen and oxygen atoms in total. The average Bonchev–Trinajstić information content (AvgIpc) is 2.14. The summed E-state index contributed by atoms with van der Waals surface area (Å²) in [6.07, 6.45) is 4.00. The van der Waals surface area contributed by atoms with Gasteiger partial charge in [0.1, 0.15) is 0 Å². The number of piperidine rings is 1. The summed E-state index contributed by atoms with van der Waals surface area (Å²) in [5, 5.41) is 3.61. The SMILES string of the molecule is C=C(Br)CN1CCCCC1CNC(C)(C)C. The molecule has 0 spiro atoms.